The predicted molar refractivity (Wildman–Crippen MR) is 80.4 cm³/mol. The van der Waals surface area contributed by atoms with Gasteiger partial charge in [-0.15, -0.1) is 0 Å². The zero-order valence-corrected chi connectivity index (χ0v) is 12.2. The Labute approximate surface area is 124 Å². The minimum Gasteiger partial charge on any atom is -0.481 e. The Morgan fingerprint density at radius 2 is 1.90 bits per heavy atom. The standard InChI is InChI=1S/C15H21N3O3/c1-11-2-3-12(9-15(20)21)8-13(11)18-6-4-17(5-7-18)10-14(16)19/h2-3,8H,4-7,9-10H2,1H3,(H2,16,19)(H,20,21). The molecule has 0 atom stereocenters. The quantitative estimate of drug-likeness (QED) is 0.811. The van der Waals surface area contributed by atoms with Crippen molar-refractivity contribution in [2.24, 2.45) is 5.73 Å². The van der Waals surface area contributed by atoms with Gasteiger partial charge in [0.15, 0.2) is 0 Å². The number of benzene rings is 1. The highest BCUT2D eigenvalue weighted by Gasteiger charge is 2.19. The summed E-state index contributed by atoms with van der Waals surface area (Å²) in [4.78, 5) is 26.0. The van der Waals surface area contributed by atoms with Crippen LogP contribution in [0.3, 0.4) is 0 Å². The van der Waals surface area contributed by atoms with Gasteiger partial charge in [-0.1, -0.05) is 12.1 Å². The van der Waals surface area contributed by atoms with Gasteiger partial charge in [0.1, 0.15) is 0 Å². The van der Waals surface area contributed by atoms with Crippen molar-refractivity contribution in [1.29, 1.82) is 0 Å². The maximum absolute atomic E-state index is 10.9. The van der Waals surface area contributed by atoms with E-state index in [1.807, 2.05) is 30.0 Å². The molecule has 6 nitrogen and oxygen atoms in total. The summed E-state index contributed by atoms with van der Waals surface area (Å²) >= 11 is 0. The molecule has 0 radical (unpaired) electrons. The highest BCUT2D eigenvalue weighted by molar-refractivity contribution is 5.76. The number of anilines is 1. The van der Waals surface area contributed by atoms with Crippen molar-refractivity contribution in [2.75, 3.05) is 37.6 Å². The van der Waals surface area contributed by atoms with E-state index in [2.05, 4.69) is 4.90 Å². The number of hydrogen-bond acceptors (Lipinski definition) is 4. The fourth-order valence-electron chi connectivity index (χ4n) is 2.65. The minimum atomic E-state index is -0.823. The van der Waals surface area contributed by atoms with Gasteiger partial charge >= 0.3 is 5.97 Å². The lowest BCUT2D eigenvalue weighted by Gasteiger charge is -2.36. The highest BCUT2D eigenvalue weighted by Crippen LogP contribution is 2.23. The van der Waals surface area contributed by atoms with Gasteiger partial charge in [-0.2, -0.15) is 0 Å². The van der Waals surface area contributed by atoms with Crippen LogP contribution in [0.15, 0.2) is 18.2 Å². The van der Waals surface area contributed by atoms with Crippen molar-refractivity contribution in [2.45, 2.75) is 13.3 Å². The maximum Gasteiger partial charge on any atom is 0.307 e. The summed E-state index contributed by atoms with van der Waals surface area (Å²) < 4.78 is 0. The van der Waals surface area contributed by atoms with Crippen LogP contribution in [0, 0.1) is 6.92 Å². The van der Waals surface area contributed by atoms with Crippen molar-refractivity contribution >= 4 is 17.6 Å². The van der Waals surface area contributed by atoms with E-state index < -0.39 is 5.97 Å². The molecule has 0 spiro atoms. The Balaban J connectivity index is 2.05. The van der Waals surface area contributed by atoms with E-state index in [0.29, 0.717) is 6.54 Å². The first-order valence-electron chi connectivity index (χ1n) is 7.02. The van der Waals surface area contributed by atoms with Crippen LogP contribution in [0.5, 0.6) is 0 Å². The number of hydrogen-bond donors (Lipinski definition) is 2. The number of rotatable bonds is 5. The molecule has 0 bridgehead atoms. The molecule has 1 aliphatic heterocycles. The average molecular weight is 291 g/mol. The van der Waals surface area contributed by atoms with Crippen molar-refractivity contribution in [3.8, 4) is 0 Å². The first kappa shape index (κ1) is 15.3. The number of carbonyl (C=O) groups excluding carboxylic acids is 1. The molecule has 0 saturated carbocycles. The van der Waals surface area contributed by atoms with Crippen molar-refractivity contribution in [1.82, 2.24) is 4.90 Å². The summed E-state index contributed by atoms with van der Waals surface area (Å²) in [6.07, 6.45) is 0.0366. The normalized spacial score (nSPS) is 16.0. The molecule has 0 unspecified atom stereocenters. The lowest BCUT2D eigenvalue weighted by atomic mass is 10.1. The molecule has 114 valence electrons. The van der Waals surface area contributed by atoms with E-state index in [0.717, 1.165) is 43.0 Å². The van der Waals surface area contributed by atoms with Gasteiger partial charge in [-0.05, 0) is 24.1 Å². The monoisotopic (exact) mass is 291 g/mol. The first-order chi connectivity index (χ1) is 9.95. The lowest BCUT2D eigenvalue weighted by Crippen LogP contribution is -2.49. The summed E-state index contributed by atoms with van der Waals surface area (Å²) in [5.41, 5.74) is 8.23. The van der Waals surface area contributed by atoms with Gasteiger partial charge in [-0.25, -0.2) is 0 Å². The summed E-state index contributed by atoms with van der Waals surface area (Å²) in [6.45, 7) is 5.51. The third kappa shape index (κ3) is 4.19. The number of piperazine rings is 1. The first-order valence-corrected chi connectivity index (χ1v) is 7.02. The number of carboxylic acid groups (broad SMARTS) is 1. The second-order valence-electron chi connectivity index (χ2n) is 5.42. The Bertz CT molecular complexity index is 537. The van der Waals surface area contributed by atoms with Crippen molar-refractivity contribution in [3.05, 3.63) is 29.3 Å². The summed E-state index contributed by atoms with van der Waals surface area (Å²) in [6, 6.07) is 5.77. The average Bonchev–Trinajstić information content (AvgIpc) is 2.41. The molecule has 0 aromatic heterocycles. The van der Waals surface area contributed by atoms with E-state index in [1.54, 1.807) is 0 Å². The number of carbonyl (C=O) groups is 2. The second-order valence-corrected chi connectivity index (χ2v) is 5.42. The van der Waals surface area contributed by atoms with Gasteiger partial charge in [-0.3, -0.25) is 14.5 Å². The molecule has 3 N–H and O–H groups in total. The zero-order valence-electron chi connectivity index (χ0n) is 12.2. The maximum atomic E-state index is 10.9. The van der Waals surface area contributed by atoms with E-state index in [1.165, 1.54) is 0 Å². The van der Waals surface area contributed by atoms with Gasteiger partial charge in [0.2, 0.25) is 5.91 Å². The molecule has 1 aliphatic rings. The fourth-order valence-corrected chi connectivity index (χ4v) is 2.65. The molecule has 1 fully saturated rings. The van der Waals surface area contributed by atoms with Gasteiger partial charge < -0.3 is 15.7 Å². The Morgan fingerprint density at radius 1 is 1.24 bits per heavy atom. The number of primary amides is 1. The second kappa shape index (κ2) is 6.58. The molecule has 1 aromatic carbocycles. The van der Waals surface area contributed by atoms with Gasteiger partial charge in [0.25, 0.3) is 0 Å². The summed E-state index contributed by atoms with van der Waals surface area (Å²) in [5.74, 6) is -1.13. The van der Waals surface area contributed by atoms with Crippen LogP contribution in [-0.2, 0) is 16.0 Å². The van der Waals surface area contributed by atoms with Crippen LogP contribution in [0.1, 0.15) is 11.1 Å². The third-order valence-corrected chi connectivity index (χ3v) is 3.72. The van der Waals surface area contributed by atoms with E-state index in [4.69, 9.17) is 10.8 Å². The molecule has 2 rings (SSSR count). The van der Waals surface area contributed by atoms with E-state index >= 15 is 0 Å². The van der Waals surface area contributed by atoms with Crippen LogP contribution in [0.4, 0.5) is 5.69 Å². The fraction of sp³-hybridized carbons (Fsp3) is 0.467. The van der Waals surface area contributed by atoms with Crippen LogP contribution in [0.25, 0.3) is 0 Å². The molecular formula is C15H21N3O3. The largest absolute Gasteiger partial charge is 0.481 e. The van der Waals surface area contributed by atoms with Gasteiger partial charge in [0, 0.05) is 31.9 Å². The Hall–Kier alpha value is -2.08. The molecule has 1 amide bonds. The minimum absolute atomic E-state index is 0.0366. The molecule has 1 aromatic rings. The molecule has 1 saturated heterocycles. The molecule has 0 aliphatic carbocycles. The van der Waals surface area contributed by atoms with Crippen molar-refractivity contribution < 1.29 is 14.7 Å². The van der Waals surface area contributed by atoms with Crippen molar-refractivity contribution in [3.63, 3.8) is 0 Å². The summed E-state index contributed by atoms with van der Waals surface area (Å²) in [5, 5.41) is 8.89. The zero-order chi connectivity index (χ0) is 15.4. The molecule has 21 heavy (non-hydrogen) atoms. The predicted octanol–water partition coefficient (Wildman–Crippen LogP) is 0.229. The van der Waals surface area contributed by atoms with Crippen LogP contribution in [-0.4, -0.2) is 54.6 Å². The third-order valence-electron chi connectivity index (χ3n) is 3.72. The van der Waals surface area contributed by atoms with Crippen LogP contribution in [0.2, 0.25) is 0 Å². The van der Waals surface area contributed by atoms with Gasteiger partial charge in [0.05, 0.1) is 13.0 Å². The number of nitrogens with zero attached hydrogens (tertiary/aromatic N) is 2. The SMILES string of the molecule is Cc1ccc(CC(=O)O)cc1N1CCN(CC(N)=O)CC1. The number of nitrogens with two attached hydrogens (primary N) is 1. The van der Waals surface area contributed by atoms with Crippen LogP contribution >= 0.6 is 0 Å². The van der Waals surface area contributed by atoms with E-state index in [9.17, 15) is 9.59 Å². The Kier molecular flexibility index (Phi) is 4.80. The Morgan fingerprint density at radius 3 is 2.48 bits per heavy atom. The number of carboxylic acids is 1. The molecular weight excluding hydrogens is 270 g/mol. The van der Waals surface area contributed by atoms with E-state index in [-0.39, 0.29) is 12.3 Å². The molecule has 6 heteroatoms. The number of amides is 1. The molecule has 1 heterocycles. The number of aryl methyl sites for hydroxylation is 1. The number of aliphatic carboxylic acids is 1. The topological polar surface area (TPSA) is 86.9 Å². The highest BCUT2D eigenvalue weighted by atomic mass is 16.4. The lowest BCUT2D eigenvalue weighted by molar-refractivity contribution is -0.136. The summed E-state index contributed by atoms with van der Waals surface area (Å²) in [7, 11) is 0. The smallest absolute Gasteiger partial charge is 0.307 e. The van der Waals surface area contributed by atoms with Crippen LogP contribution < -0.4 is 10.6 Å².